The summed E-state index contributed by atoms with van der Waals surface area (Å²) in [4.78, 5) is 21.1. The number of nitrogens with zero attached hydrogens (tertiary/aromatic N) is 2. The molecular weight excluding hydrogens is 364 g/mol. The average molecular weight is 388 g/mol. The third-order valence-corrected chi connectivity index (χ3v) is 5.17. The van der Waals surface area contributed by atoms with Crippen LogP contribution in [0.1, 0.15) is 36.0 Å². The second kappa shape index (κ2) is 8.73. The fourth-order valence-corrected chi connectivity index (χ4v) is 3.50. The summed E-state index contributed by atoms with van der Waals surface area (Å²) in [5.74, 6) is 1.31. The molecule has 2 N–H and O–H groups in total. The first-order valence-corrected chi connectivity index (χ1v) is 9.86. The molecule has 148 valence electrons. The highest BCUT2D eigenvalue weighted by Crippen LogP contribution is 2.22. The standard InChI is InChI=1S/C23H24N4O2/c1-29-21-12-8-16(9-13-21)18-14-24-23(25-15-18)27-20-10-6-17(7-11-20)22(28)26-19-4-2-3-5-19/h6-15,19H,2-5H2,1H3,(H,26,28)(H,24,25,27). The van der Waals surface area contributed by atoms with E-state index in [1.54, 1.807) is 19.5 Å². The highest BCUT2D eigenvalue weighted by molar-refractivity contribution is 5.94. The van der Waals surface area contributed by atoms with E-state index in [0.717, 1.165) is 35.4 Å². The summed E-state index contributed by atoms with van der Waals surface area (Å²) in [6.45, 7) is 0. The van der Waals surface area contributed by atoms with Gasteiger partial charge in [-0.2, -0.15) is 0 Å². The van der Waals surface area contributed by atoms with Crippen molar-refractivity contribution in [2.45, 2.75) is 31.7 Å². The number of hydrogen-bond donors (Lipinski definition) is 2. The van der Waals surface area contributed by atoms with E-state index in [2.05, 4.69) is 20.6 Å². The van der Waals surface area contributed by atoms with Gasteiger partial charge in [-0.1, -0.05) is 25.0 Å². The van der Waals surface area contributed by atoms with Crippen LogP contribution in [0, 0.1) is 0 Å². The highest BCUT2D eigenvalue weighted by atomic mass is 16.5. The van der Waals surface area contributed by atoms with Crippen LogP contribution in [-0.2, 0) is 0 Å². The van der Waals surface area contributed by atoms with E-state index >= 15 is 0 Å². The summed E-state index contributed by atoms with van der Waals surface area (Å²) in [6, 6.07) is 15.4. The van der Waals surface area contributed by atoms with E-state index in [1.807, 2.05) is 48.5 Å². The maximum atomic E-state index is 12.3. The van der Waals surface area contributed by atoms with Crippen LogP contribution in [0.2, 0.25) is 0 Å². The number of anilines is 2. The van der Waals surface area contributed by atoms with E-state index in [0.29, 0.717) is 17.6 Å². The van der Waals surface area contributed by atoms with Gasteiger partial charge in [0.05, 0.1) is 7.11 Å². The molecule has 0 spiro atoms. The van der Waals surface area contributed by atoms with Gasteiger partial charge in [0.25, 0.3) is 5.91 Å². The van der Waals surface area contributed by atoms with E-state index in [4.69, 9.17) is 4.74 Å². The number of hydrogen-bond acceptors (Lipinski definition) is 5. The van der Waals surface area contributed by atoms with Gasteiger partial charge in [0.15, 0.2) is 0 Å². The van der Waals surface area contributed by atoms with Crippen molar-refractivity contribution in [1.29, 1.82) is 0 Å². The summed E-state index contributed by atoms with van der Waals surface area (Å²) in [7, 11) is 1.65. The molecule has 1 heterocycles. The van der Waals surface area contributed by atoms with Crippen LogP contribution in [-0.4, -0.2) is 29.0 Å². The molecule has 6 nitrogen and oxygen atoms in total. The van der Waals surface area contributed by atoms with Crippen LogP contribution in [0.3, 0.4) is 0 Å². The molecule has 1 aromatic heterocycles. The Morgan fingerprint density at radius 1 is 0.931 bits per heavy atom. The zero-order valence-electron chi connectivity index (χ0n) is 16.4. The zero-order valence-corrected chi connectivity index (χ0v) is 16.4. The van der Waals surface area contributed by atoms with Gasteiger partial charge in [-0.25, -0.2) is 9.97 Å². The van der Waals surface area contributed by atoms with Gasteiger partial charge < -0.3 is 15.4 Å². The van der Waals surface area contributed by atoms with Crippen molar-refractivity contribution < 1.29 is 9.53 Å². The lowest BCUT2D eigenvalue weighted by atomic mass is 10.1. The van der Waals surface area contributed by atoms with Crippen molar-refractivity contribution in [3.8, 4) is 16.9 Å². The van der Waals surface area contributed by atoms with Crippen molar-refractivity contribution in [2.24, 2.45) is 0 Å². The van der Waals surface area contributed by atoms with E-state index < -0.39 is 0 Å². The number of aromatic nitrogens is 2. The maximum absolute atomic E-state index is 12.3. The number of amides is 1. The molecular formula is C23H24N4O2. The molecule has 1 aliphatic carbocycles. The zero-order chi connectivity index (χ0) is 20.1. The molecule has 4 rings (SSSR count). The molecule has 0 aliphatic heterocycles. The summed E-state index contributed by atoms with van der Waals surface area (Å²) >= 11 is 0. The van der Waals surface area contributed by atoms with Crippen molar-refractivity contribution in [3.05, 3.63) is 66.5 Å². The highest BCUT2D eigenvalue weighted by Gasteiger charge is 2.17. The predicted octanol–water partition coefficient (Wildman–Crippen LogP) is 4.57. The molecule has 29 heavy (non-hydrogen) atoms. The Hall–Kier alpha value is -3.41. The van der Waals surface area contributed by atoms with Crippen molar-refractivity contribution in [3.63, 3.8) is 0 Å². The maximum Gasteiger partial charge on any atom is 0.251 e. The fourth-order valence-electron chi connectivity index (χ4n) is 3.50. The van der Waals surface area contributed by atoms with Crippen LogP contribution in [0.5, 0.6) is 5.75 Å². The van der Waals surface area contributed by atoms with E-state index in [-0.39, 0.29) is 5.91 Å². The lowest BCUT2D eigenvalue weighted by Crippen LogP contribution is -2.32. The SMILES string of the molecule is COc1ccc(-c2cnc(Nc3ccc(C(=O)NC4CCCC4)cc3)nc2)cc1. The minimum atomic E-state index is -0.0106. The Labute approximate surface area is 170 Å². The molecule has 0 saturated heterocycles. The van der Waals surface area contributed by atoms with E-state index in [9.17, 15) is 4.79 Å². The van der Waals surface area contributed by atoms with Gasteiger partial charge in [0.1, 0.15) is 5.75 Å². The van der Waals surface area contributed by atoms with Gasteiger partial charge in [0.2, 0.25) is 5.95 Å². The van der Waals surface area contributed by atoms with Gasteiger partial charge in [-0.3, -0.25) is 4.79 Å². The van der Waals surface area contributed by atoms with Crippen LogP contribution < -0.4 is 15.4 Å². The first-order chi connectivity index (χ1) is 14.2. The average Bonchev–Trinajstić information content (AvgIpc) is 3.28. The molecule has 6 heteroatoms. The van der Waals surface area contributed by atoms with Crippen LogP contribution >= 0.6 is 0 Å². The number of nitrogens with one attached hydrogen (secondary N) is 2. The summed E-state index contributed by atoms with van der Waals surface area (Å²) in [5, 5.41) is 6.27. The molecule has 1 saturated carbocycles. The Morgan fingerprint density at radius 3 is 2.21 bits per heavy atom. The van der Waals surface area contributed by atoms with E-state index in [1.165, 1.54) is 12.8 Å². The summed E-state index contributed by atoms with van der Waals surface area (Å²) in [6.07, 6.45) is 8.11. The Kier molecular flexibility index (Phi) is 5.70. The fraction of sp³-hybridized carbons (Fsp3) is 0.261. The van der Waals surface area contributed by atoms with Crippen molar-refractivity contribution >= 4 is 17.5 Å². The molecule has 0 atom stereocenters. The number of methoxy groups -OCH3 is 1. The number of rotatable bonds is 6. The minimum absolute atomic E-state index is 0.0106. The van der Waals surface area contributed by atoms with Gasteiger partial charge in [-0.05, 0) is 54.8 Å². The third-order valence-electron chi connectivity index (χ3n) is 5.17. The summed E-state index contributed by atoms with van der Waals surface area (Å²) < 4.78 is 5.18. The quantitative estimate of drug-likeness (QED) is 0.647. The van der Waals surface area contributed by atoms with Crippen molar-refractivity contribution in [2.75, 3.05) is 12.4 Å². The first kappa shape index (κ1) is 18.9. The van der Waals surface area contributed by atoms with Gasteiger partial charge in [0, 0.05) is 35.2 Å². The molecule has 0 unspecified atom stereocenters. The van der Waals surface area contributed by atoms with Gasteiger partial charge in [-0.15, -0.1) is 0 Å². The molecule has 3 aromatic rings. The number of carbonyl (C=O) groups is 1. The van der Waals surface area contributed by atoms with Crippen molar-refractivity contribution in [1.82, 2.24) is 15.3 Å². The second-order valence-corrected chi connectivity index (χ2v) is 7.18. The third kappa shape index (κ3) is 4.71. The molecule has 0 radical (unpaired) electrons. The second-order valence-electron chi connectivity index (χ2n) is 7.18. The number of carbonyl (C=O) groups excluding carboxylic acids is 1. The Balaban J connectivity index is 1.37. The monoisotopic (exact) mass is 388 g/mol. The largest absolute Gasteiger partial charge is 0.497 e. The molecule has 1 fully saturated rings. The normalized spacial score (nSPS) is 13.8. The predicted molar refractivity (Wildman–Crippen MR) is 113 cm³/mol. The van der Waals surface area contributed by atoms with Crippen LogP contribution in [0.15, 0.2) is 60.9 Å². The lowest BCUT2D eigenvalue weighted by Gasteiger charge is -2.12. The Bertz CT molecular complexity index is 948. The molecule has 1 amide bonds. The van der Waals surface area contributed by atoms with Crippen LogP contribution in [0.25, 0.3) is 11.1 Å². The smallest absolute Gasteiger partial charge is 0.251 e. The lowest BCUT2D eigenvalue weighted by molar-refractivity contribution is 0.0938. The molecule has 1 aliphatic rings. The topological polar surface area (TPSA) is 76.1 Å². The molecule has 2 aromatic carbocycles. The van der Waals surface area contributed by atoms with Gasteiger partial charge >= 0.3 is 0 Å². The van der Waals surface area contributed by atoms with Crippen LogP contribution in [0.4, 0.5) is 11.6 Å². The number of benzene rings is 2. The Morgan fingerprint density at radius 2 is 1.59 bits per heavy atom. The minimum Gasteiger partial charge on any atom is -0.497 e. The molecule has 0 bridgehead atoms. The first-order valence-electron chi connectivity index (χ1n) is 9.86. The number of ether oxygens (including phenoxy) is 1. The summed E-state index contributed by atoms with van der Waals surface area (Å²) in [5.41, 5.74) is 3.45.